The minimum Gasteiger partial charge on any atom is -0.378 e. The second-order valence-electron chi connectivity index (χ2n) is 7.90. The van der Waals surface area contributed by atoms with Gasteiger partial charge in [-0.15, -0.1) is 11.3 Å². The number of benzene rings is 3. The third-order valence-corrected chi connectivity index (χ3v) is 6.74. The van der Waals surface area contributed by atoms with Gasteiger partial charge in [-0.1, -0.05) is 18.2 Å². The van der Waals surface area contributed by atoms with E-state index >= 15 is 0 Å². The van der Waals surface area contributed by atoms with Gasteiger partial charge in [-0.2, -0.15) is 0 Å². The number of ether oxygens (including phenoxy) is 1. The van der Waals surface area contributed by atoms with Gasteiger partial charge in [0.05, 0.1) is 34.5 Å². The van der Waals surface area contributed by atoms with Crippen molar-refractivity contribution in [1.82, 2.24) is 9.97 Å². The molecule has 2 aromatic heterocycles. The van der Waals surface area contributed by atoms with E-state index in [-0.39, 0.29) is 0 Å². The predicted molar refractivity (Wildman–Crippen MR) is 133 cm³/mol. The molecule has 6 rings (SSSR count). The molecule has 5 aromatic rings. The van der Waals surface area contributed by atoms with E-state index in [1.54, 1.807) is 11.3 Å². The van der Waals surface area contributed by atoms with Crippen LogP contribution in [0.3, 0.4) is 0 Å². The lowest BCUT2D eigenvalue weighted by Crippen LogP contribution is -2.36. The van der Waals surface area contributed by atoms with Crippen molar-refractivity contribution < 1.29 is 4.74 Å². The van der Waals surface area contributed by atoms with Crippen molar-refractivity contribution >= 4 is 49.5 Å². The van der Waals surface area contributed by atoms with Crippen LogP contribution < -0.4 is 10.2 Å². The Kier molecular flexibility index (Phi) is 4.94. The fourth-order valence-corrected chi connectivity index (χ4v) is 4.87. The molecular weight excluding hydrogens is 416 g/mol. The average molecular weight is 439 g/mol. The number of hydrogen-bond acceptors (Lipinski definition) is 6. The van der Waals surface area contributed by atoms with Gasteiger partial charge in [-0.3, -0.25) is 4.98 Å². The van der Waals surface area contributed by atoms with Gasteiger partial charge in [0.2, 0.25) is 0 Å². The first-order valence-electron chi connectivity index (χ1n) is 10.8. The van der Waals surface area contributed by atoms with E-state index < -0.39 is 0 Å². The summed E-state index contributed by atoms with van der Waals surface area (Å²) in [5.74, 6) is 0. The molecule has 0 atom stereocenters. The number of rotatable bonds is 4. The SMILES string of the molecule is c1cc(Nc2ccc3scnc3c2)c2cc(-c3ccc(N4CCOCC4)cc3)ccc2n1. The fourth-order valence-electron chi connectivity index (χ4n) is 4.21. The molecule has 0 spiro atoms. The number of morpholine rings is 1. The minimum absolute atomic E-state index is 0.796. The summed E-state index contributed by atoms with van der Waals surface area (Å²) in [4.78, 5) is 11.4. The van der Waals surface area contributed by atoms with Gasteiger partial charge in [0.1, 0.15) is 0 Å². The van der Waals surface area contributed by atoms with Gasteiger partial charge in [0.15, 0.2) is 0 Å². The Bertz CT molecular complexity index is 1390. The smallest absolute Gasteiger partial charge is 0.0832 e. The molecule has 0 saturated carbocycles. The van der Waals surface area contributed by atoms with Crippen LogP contribution in [0.15, 0.2) is 78.4 Å². The van der Waals surface area contributed by atoms with Crippen molar-refractivity contribution in [2.75, 3.05) is 36.5 Å². The summed E-state index contributed by atoms with van der Waals surface area (Å²) in [6, 6.07) is 23.6. The summed E-state index contributed by atoms with van der Waals surface area (Å²) in [6.07, 6.45) is 1.85. The standard InChI is InChI=1S/C26H22N4OS/c1-5-21(30-11-13-31-14-12-30)6-2-18(1)19-3-7-23-22(15-19)24(9-10-27-23)29-20-4-8-26-25(16-20)28-17-32-26/h1-10,15-17H,11-14H2,(H,27,29). The molecule has 0 unspecified atom stereocenters. The number of fused-ring (bicyclic) bond motifs is 2. The lowest BCUT2D eigenvalue weighted by atomic mass is 10.0. The Morgan fingerprint density at radius 1 is 0.812 bits per heavy atom. The quantitative estimate of drug-likeness (QED) is 0.368. The van der Waals surface area contributed by atoms with Gasteiger partial charge < -0.3 is 15.0 Å². The van der Waals surface area contributed by atoms with E-state index in [0.717, 1.165) is 54.1 Å². The Labute approximate surface area is 190 Å². The fraction of sp³-hybridized carbons (Fsp3) is 0.154. The zero-order chi connectivity index (χ0) is 21.3. The maximum absolute atomic E-state index is 5.47. The second-order valence-corrected chi connectivity index (χ2v) is 8.78. The number of thiazole rings is 1. The van der Waals surface area contributed by atoms with Crippen molar-refractivity contribution in [3.05, 3.63) is 78.4 Å². The van der Waals surface area contributed by atoms with Crippen molar-refractivity contribution in [2.24, 2.45) is 0 Å². The van der Waals surface area contributed by atoms with Crippen molar-refractivity contribution in [3.63, 3.8) is 0 Å². The summed E-state index contributed by atoms with van der Waals surface area (Å²) in [6.45, 7) is 3.49. The molecule has 6 heteroatoms. The van der Waals surface area contributed by atoms with Crippen LogP contribution >= 0.6 is 11.3 Å². The molecule has 5 nitrogen and oxygen atoms in total. The molecule has 3 heterocycles. The first kappa shape index (κ1) is 19.2. The molecule has 1 aliphatic rings. The highest BCUT2D eigenvalue weighted by molar-refractivity contribution is 7.16. The highest BCUT2D eigenvalue weighted by atomic mass is 32.1. The van der Waals surface area contributed by atoms with E-state index in [1.165, 1.54) is 21.5 Å². The molecule has 158 valence electrons. The van der Waals surface area contributed by atoms with Crippen LogP contribution in [0.25, 0.3) is 32.2 Å². The van der Waals surface area contributed by atoms with Gasteiger partial charge in [-0.25, -0.2) is 4.98 Å². The van der Waals surface area contributed by atoms with Gasteiger partial charge in [0.25, 0.3) is 0 Å². The maximum atomic E-state index is 5.47. The van der Waals surface area contributed by atoms with Crippen LogP contribution in [-0.2, 0) is 4.74 Å². The van der Waals surface area contributed by atoms with Crippen molar-refractivity contribution in [3.8, 4) is 11.1 Å². The van der Waals surface area contributed by atoms with Crippen molar-refractivity contribution in [2.45, 2.75) is 0 Å². The summed E-state index contributed by atoms with van der Waals surface area (Å²) >= 11 is 1.66. The first-order chi connectivity index (χ1) is 15.8. The molecule has 0 amide bonds. The van der Waals surface area contributed by atoms with E-state index in [9.17, 15) is 0 Å². The lowest BCUT2D eigenvalue weighted by molar-refractivity contribution is 0.122. The largest absolute Gasteiger partial charge is 0.378 e. The predicted octanol–water partition coefficient (Wildman–Crippen LogP) is 6.09. The van der Waals surface area contributed by atoms with E-state index in [0.29, 0.717) is 0 Å². The minimum atomic E-state index is 0.796. The van der Waals surface area contributed by atoms with E-state index in [4.69, 9.17) is 4.74 Å². The number of nitrogens with one attached hydrogen (secondary N) is 1. The van der Waals surface area contributed by atoms with Crippen LogP contribution in [0.4, 0.5) is 17.1 Å². The molecule has 0 bridgehead atoms. The van der Waals surface area contributed by atoms with Crippen molar-refractivity contribution in [1.29, 1.82) is 0 Å². The normalized spacial score (nSPS) is 14.2. The highest BCUT2D eigenvalue weighted by Gasteiger charge is 2.12. The number of nitrogens with zero attached hydrogens (tertiary/aromatic N) is 3. The Morgan fingerprint density at radius 2 is 1.66 bits per heavy atom. The molecule has 1 aliphatic heterocycles. The van der Waals surface area contributed by atoms with E-state index in [1.807, 2.05) is 17.8 Å². The monoisotopic (exact) mass is 438 g/mol. The molecule has 0 aliphatic carbocycles. The average Bonchev–Trinajstić information content (AvgIpc) is 3.33. The third kappa shape index (κ3) is 3.68. The summed E-state index contributed by atoms with van der Waals surface area (Å²) in [5.41, 5.74) is 9.55. The van der Waals surface area contributed by atoms with Crippen LogP contribution in [0.5, 0.6) is 0 Å². The zero-order valence-corrected chi connectivity index (χ0v) is 18.3. The highest BCUT2D eigenvalue weighted by Crippen LogP contribution is 2.32. The number of hydrogen-bond donors (Lipinski definition) is 1. The molecule has 3 aromatic carbocycles. The molecular formula is C26H22N4OS. The van der Waals surface area contributed by atoms with Crippen LogP contribution in [0.2, 0.25) is 0 Å². The number of pyridine rings is 1. The topological polar surface area (TPSA) is 50.3 Å². The van der Waals surface area contributed by atoms with Crippen LogP contribution in [0, 0.1) is 0 Å². The molecule has 32 heavy (non-hydrogen) atoms. The van der Waals surface area contributed by atoms with Gasteiger partial charge >= 0.3 is 0 Å². The van der Waals surface area contributed by atoms with Crippen LogP contribution in [0.1, 0.15) is 0 Å². The number of aromatic nitrogens is 2. The summed E-state index contributed by atoms with van der Waals surface area (Å²) in [7, 11) is 0. The van der Waals surface area contributed by atoms with Gasteiger partial charge in [0, 0.05) is 41.7 Å². The molecule has 1 saturated heterocycles. The number of anilines is 3. The Morgan fingerprint density at radius 3 is 2.53 bits per heavy atom. The molecule has 1 N–H and O–H groups in total. The van der Waals surface area contributed by atoms with Crippen LogP contribution in [-0.4, -0.2) is 36.3 Å². The summed E-state index contributed by atoms with van der Waals surface area (Å²) in [5, 5.41) is 4.66. The molecule has 1 fully saturated rings. The zero-order valence-electron chi connectivity index (χ0n) is 17.5. The second kappa shape index (κ2) is 8.22. The maximum Gasteiger partial charge on any atom is 0.0832 e. The first-order valence-corrected chi connectivity index (χ1v) is 11.6. The Hall–Kier alpha value is -3.48. The Balaban J connectivity index is 1.32. The molecule has 0 radical (unpaired) electrons. The summed E-state index contributed by atoms with van der Waals surface area (Å²) < 4.78 is 6.66. The van der Waals surface area contributed by atoms with E-state index in [2.05, 4.69) is 80.8 Å². The third-order valence-electron chi connectivity index (χ3n) is 5.93. The van der Waals surface area contributed by atoms with Gasteiger partial charge in [-0.05, 0) is 59.7 Å². The lowest BCUT2D eigenvalue weighted by Gasteiger charge is -2.28.